The van der Waals surface area contributed by atoms with Crippen LogP contribution in [-0.4, -0.2) is 80.0 Å². The van der Waals surface area contributed by atoms with Crippen LogP contribution in [0.5, 0.6) is 11.5 Å². The molecule has 0 saturated heterocycles. The number of alkyl carbamates (subject to hydrolysis) is 1. The SMILES string of the molecule is CCCNC(=O)OC[C@H]1O[C@H](CCON=C(C)CCN2CCc3nc(CC)c(CC)cc3C2)C=C[C@@H]1Oc1ccc(OC)cc1. The predicted molar refractivity (Wildman–Crippen MR) is 175 cm³/mol. The minimum Gasteiger partial charge on any atom is -0.497 e. The minimum absolute atomic E-state index is 0.0614. The number of carbonyl (C=O) groups is 1. The number of pyridine rings is 1. The van der Waals surface area contributed by atoms with E-state index in [-0.39, 0.29) is 12.7 Å². The molecule has 10 nitrogen and oxygen atoms in total. The van der Waals surface area contributed by atoms with Crippen LogP contribution in [-0.2, 0) is 40.1 Å². The second-order valence-electron chi connectivity index (χ2n) is 11.5. The highest BCUT2D eigenvalue weighted by Crippen LogP contribution is 2.24. The summed E-state index contributed by atoms with van der Waals surface area (Å²) in [5.74, 6) is 1.41. The van der Waals surface area contributed by atoms with E-state index in [1.165, 1.54) is 22.5 Å². The fraction of sp³-hybridized carbons (Fsp3) is 0.571. The van der Waals surface area contributed by atoms with Crippen LogP contribution >= 0.6 is 0 Å². The first-order valence-corrected chi connectivity index (χ1v) is 16.4. The Morgan fingerprint density at radius 3 is 2.67 bits per heavy atom. The number of rotatable bonds is 16. The minimum atomic E-state index is -0.480. The van der Waals surface area contributed by atoms with Crippen molar-refractivity contribution in [1.29, 1.82) is 0 Å². The third-order valence-electron chi connectivity index (χ3n) is 8.10. The highest BCUT2D eigenvalue weighted by atomic mass is 16.6. The van der Waals surface area contributed by atoms with E-state index >= 15 is 0 Å². The molecular weight excluding hydrogens is 572 g/mol. The molecule has 0 saturated carbocycles. The lowest BCUT2D eigenvalue weighted by Gasteiger charge is -2.32. The van der Waals surface area contributed by atoms with Crippen molar-refractivity contribution in [2.45, 2.75) is 91.1 Å². The van der Waals surface area contributed by atoms with Crippen molar-refractivity contribution in [1.82, 2.24) is 15.2 Å². The van der Waals surface area contributed by atoms with E-state index in [1.54, 1.807) is 7.11 Å². The summed E-state index contributed by atoms with van der Waals surface area (Å²) in [6, 6.07) is 9.71. The summed E-state index contributed by atoms with van der Waals surface area (Å²) < 4.78 is 23.1. The van der Waals surface area contributed by atoms with Crippen LogP contribution in [0.3, 0.4) is 0 Å². The van der Waals surface area contributed by atoms with Crippen molar-refractivity contribution in [3.63, 3.8) is 0 Å². The number of nitrogens with zero attached hydrogens (tertiary/aromatic N) is 3. The second-order valence-corrected chi connectivity index (χ2v) is 11.5. The van der Waals surface area contributed by atoms with Gasteiger partial charge in [0.15, 0.2) is 0 Å². The van der Waals surface area contributed by atoms with Gasteiger partial charge in [0.2, 0.25) is 0 Å². The molecule has 0 spiro atoms. The molecule has 0 aliphatic carbocycles. The normalized spacial score (nSPS) is 19.9. The molecule has 0 fully saturated rings. The molecule has 3 atom stereocenters. The Morgan fingerprint density at radius 2 is 1.93 bits per heavy atom. The molecule has 2 aliphatic heterocycles. The van der Waals surface area contributed by atoms with Gasteiger partial charge in [-0.3, -0.25) is 9.88 Å². The van der Waals surface area contributed by atoms with Gasteiger partial charge >= 0.3 is 6.09 Å². The summed E-state index contributed by atoms with van der Waals surface area (Å²) in [5, 5.41) is 7.09. The van der Waals surface area contributed by atoms with Gasteiger partial charge in [0.05, 0.1) is 18.9 Å². The summed E-state index contributed by atoms with van der Waals surface area (Å²) in [6.07, 6.45) is 7.64. The van der Waals surface area contributed by atoms with E-state index in [9.17, 15) is 4.79 Å². The molecule has 45 heavy (non-hydrogen) atoms. The molecule has 1 amide bonds. The lowest BCUT2D eigenvalue weighted by Crippen LogP contribution is -2.43. The lowest BCUT2D eigenvalue weighted by atomic mass is 9.99. The van der Waals surface area contributed by atoms with Gasteiger partial charge in [-0.1, -0.05) is 38.1 Å². The largest absolute Gasteiger partial charge is 0.497 e. The van der Waals surface area contributed by atoms with Gasteiger partial charge in [0, 0.05) is 56.8 Å². The fourth-order valence-corrected chi connectivity index (χ4v) is 5.48. The zero-order chi connectivity index (χ0) is 32.0. The number of oxime groups is 1. The Balaban J connectivity index is 1.24. The monoisotopic (exact) mass is 622 g/mol. The number of nitrogens with one attached hydrogen (secondary N) is 1. The van der Waals surface area contributed by atoms with Crippen LogP contribution in [0.15, 0.2) is 47.6 Å². The second kappa shape index (κ2) is 17.8. The number of hydrogen-bond donors (Lipinski definition) is 1. The number of fused-ring (bicyclic) bond motifs is 1. The average Bonchev–Trinajstić information content (AvgIpc) is 3.07. The quantitative estimate of drug-likeness (QED) is 0.111. The van der Waals surface area contributed by atoms with Crippen molar-refractivity contribution in [3.05, 3.63) is 65.0 Å². The molecule has 10 heteroatoms. The number of benzene rings is 1. The Bertz CT molecular complexity index is 1280. The average molecular weight is 623 g/mol. The molecule has 0 unspecified atom stereocenters. The van der Waals surface area contributed by atoms with Gasteiger partial charge in [-0.15, -0.1) is 0 Å². The zero-order valence-corrected chi connectivity index (χ0v) is 27.5. The molecule has 2 aromatic rings. The molecule has 2 aliphatic rings. The number of amides is 1. The maximum absolute atomic E-state index is 12.1. The highest BCUT2D eigenvalue weighted by Gasteiger charge is 2.30. The van der Waals surface area contributed by atoms with Crippen molar-refractivity contribution in [2.24, 2.45) is 5.16 Å². The van der Waals surface area contributed by atoms with E-state index in [1.807, 2.05) is 50.3 Å². The molecule has 246 valence electrons. The van der Waals surface area contributed by atoms with E-state index in [0.29, 0.717) is 25.3 Å². The first kappa shape index (κ1) is 34.2. The summed E-state index contributed by atoms with van der Waals surface area (Å²) >= 11 is 0. The number of ether oxygens (including phenoxy) is 4. The fourth-order valence-electron chi connectivity index (χ4n) is 5.48. The van der Waals surface area contributed by atoms with Crippen molar-refractivity contribution in [3.8, 4) is 11.5 Å². The summed E-state index contributed by atoms with van der Waals surface area (Å²) in [6.45, 7) is 12.3. The third-order valence-corrected chi connectivity index (χ3v) is 8.10. The van der Waals surface area contributed by atoms with Crippen molar-refractivity contribution < 1.29 is 28.6 Å². The van der Waals surface area contributed by atoms with Crippen molar-refractivity contribution >= 4 is 11.8 Å². The van der Waals surface area contributed by atoms with Gasteiger partial charge in [-0.05, 0) is 67.7 Å². The number of hydrogen-bond acceptors (Lipinski definition) is 9. The molecule has 3 heterocycles. The smallest absolute Gasteiger partial charge is 0.407 e. The molecule has 0 radical (unpaired) electrons. The zero-order valence-electron chi connectivity index (χ0n) is 27.5. The number of aromatic nitrogens is 1. The topological polar surface area (TPSA) is 104 Å². The summed E-state index contributed by atoms with van der Waals surface area (Å²) in [7, 11) is 1.62. The summed E-state index contributed by atoms with van der Waals surface area (Å²) in [5.41, 5.74) is 6.22. The predicted octanol–water partition coefficient (Wildman–Crippen LogP) is 5.65. The van der Waals surface area contributed by atoms with Gasteiger partial charge in [-0.25, -0.2) is 4.79 Å². The molecule has 0 bridgehead atoms. The Labute approximate surface area is 268 Å². The highest BCUT2D eigenvalue weighted by molar-refractivity contribution is 5.81. The standard InChI is InChI=1S/C35H50N4O6/c1-6-18-36-35(40)42-24-34-33(44-29-11-9-28(41-5)10-12-29)14-13-30(45-34)17-21-43-38-25(4)15-19-39-20-16-32-27(23-39)22-26(7-2)31(8-3)37-32/h9-14,22,30,33-34H,6-8,15-21,23-24H2,1-5H3,(H,36,40)/t30-,33-,34+/m0/s1. The maximum atomic E-state index is 12.1. The van der Waals surface area contributed by atoms with Gasteiger partial charge in [0.1, 0.15) is 36.9 Å². The molecule has 1 aromatic heterocycles. The molecule has 4 rings (SSSR count). The van der Waals surface area contributed by atoms with E-state index in [0.717, 1.165) is 63.2 Å². The molecular formula is C35H50N4O6. The van der Waals surface area contributed by atoms with Gasteiger partial charge < -0.3 is 29.1 Å². The first-order valence-electron chi connectivity index (χ1n) is 16.4. The molecule has 1 aromatic carbocycles. The van der Waals surface area contributed by atoms with E-state index in [4.69, 9.17) is 28.8 Å². The Hall–Kier alpha value is -3.63. The third kappa shape index (κ3) is 10.5. The van der Waals surface area contributed by atoms with Crippen LogP contribution in [0, 0.1) is 0 Å². The van der Waals surface area contributed by atoms with Crippen LogP contribution in [0.2, 0.25) is 0 Å². The van der Waals surface area contributed by atoms with E-state index < -0.39 is 18.3 Å². The number of carbonyl (C=O) groups excluding carboxylic acids is 1. The Kier molecular flexibility index (Phi) is 13.5. The van der Waals surface area contributed by atoms with E-state index in [2.05, 4.69) is 35.3 Å². The van der Waals surface area contributed by atoms with Crippen LogP contribution in [0.25, 0.3) is 0 Å². The maximum Gasteiger partial charge on any atom is 0.407 e. The van der Waals surface area contributed by atoms with Gasteiger partial charge in [-0.2, -0.15) is 0 Å². The number of aryl methyl sites for hydroxylation is 2. The van der Waals surface area contributed by atoms with Gasteiger partial charge in [0.25, 0.3) is 0 Å². The number of methoxy groups -OCH3 is 1. The van der Waals surface area contributed by atoms with Crippen molar-refractivity contribution in [2.75, 3.05) is 40.0 Å². The Morgan fingerprint density at radius 1 is 1.13 bits per heavy atom. The van der Waals surface area contributed by atoms with Crippen LogP contribution in [0.1, 0.15) is 69.5 Å². The van der Waals surface area contributed by atoms with Crippen LogP contribution in [0.4, 0.5) is 4.79 Å². The summed E-state index contributed by atoms with van der Waals surface area (Å²) in [4.78, 5) is 25.2. The molecule has 1 N–H and O–H groups in total. The van der Waals surface area contributed by atoms with Crippen LogP contribution < -0.4 is 14.8 Å². The lowest BCUT2D eigenvalue weighted by molar-refractivity contribution is -0.0808. The first-order chi connectivity index (χ1) is 21.9.